The molecule has 2 heterocycles. The van der Waals surface area contributed by atoms with Crippen molar-refractivity contribution in [1.29, 1.82) is 0 Å². The number of piperidine rings is 1. The molecule has 1 aliphatic heterocycles. The molecule has 0 aromatic carbocycles. The molecule has 0 saturated carbocycles. The van der Waals surface area contributed by atoms with E-state index in [4.69, 9.17) is 4.74 Å². The normalized spacial score (nSPS) is 18.3. The molecule has 1 aliphatic rings. The van der Waals surface area contributed by atoms with Crippen molar-refractivity contribution in [3.05, 3.63) is 21.9 Å². The van der Waals surface area contributed by atoms with Crippen molar-refractivity contribution in [3.63, 3.8) is 0 Å². The lowest BCUT2D eigenvalue weighted by Crippen LogP contribution is -2.34. The highest BCUT2D eigenvalue weighted by Gasteiger charge is 2.17. The van der Waals surface area contributed by atoms with Gasteiger partial charge in [0.05, 0.1) is 12.7 Å². The molecule has 0 aliphatic carbocycles. The Kier molecular flexibility index (Phi) is 5.63. The summed E-state index contributed by atoms with van der Waals surface area (Å²) < 4.78 is 6.00. The van der Waals surface area contributed by atoms with E-state index in [1.807, 2.05) is 11.3 Å². The number of ether oxygens (including phenoxy) is 1. The average Bonchev–Trinajstić information content (AvgIpc) is 2.84. The summed E-state index contributed by atoms with van der Waals surface area (Å²) in [4.78, 5) is 5.13. The van der Waals surface area contributed by atoms with Gasteiger partial charge in [0.1, 0.15) is 0 Å². The SMILES string of the molecule is CCNCc1ccc(COC2CCN(C)CC2)s1. The number of hydrogen-bond donors (Lipinski definition) is 1. The predicted molar refractivity (Wildman–Crippen MR) is 77.0 cm³/mol. The van der Waals surface area contributed by atoms with Crippen LogP contribution in [0.25, 0.3) is 0 Å². The van der Waals surface area contributed by atoms with Crippen LogP contribution in [0.4, 0.5) is 0 Å². The fraction of sp³-hybridized carbons (Fsp3) is 0.714. The summed E-state index contributed by atoms with van der Waals surface area (Å²) in [6.07, 6.45) is 2.80. The van der Waals surface area contributed by atoms with Crippen LogP contribution in [0.1, 0.15) is 29.5 Å². The zero-order chi connectivity index (χ0) is 12.8. The smallest absolute Gasteiger partial charge is 0.0813 e. The summed E-state index contributed by atoms with van der Waals surface area (Å²) in [6, 6.07) is 4.41. The molecule has 1 aromatic rings. The molecule has 0 spiro atoms. The van der Waals surface area contributed by atoms with Crippen molar-refractivity contribution in [2.75, 3.05) is 26.7 Å². The molecule has 0 radical (unpaired) electrons. The molecule has 102 valence electrons. The lowest BCUT2D eigenvalue weighted by Gasteiger charge is -2.28. The van der Waals surface area contributed by atoms with Crippen LogP contribution in [0.3, 0.4) is 0 Å². The Labute approximate surface area is 114 Å². The second-order valence-corrected chi connectivity index (χ2v) is 6.21. The molecule has 0 amide bonds. The Morgan fingerprint density at radius 1 is 1.33 bits per heavy atom. The molecule has 1 fully saturated rings. The van der Waals surface area contributed by atoms with Gasteiger partial charge in [0.2, 0.25) is 0 Å². The largest absolute Gasteiger partial charge is 0.373 e. The molecule has 18 heavy (non-hydrogen) atoms. The van der Waals surface area contributed by atoms with Crippen LogP contribution in [0, 0.1) is 0 Å². The van der Waals surface area contributed by atoms with Crippen LogP contribution in [-0.2, 0) is 17.9 Å². The highest BCUT2D eigenvalue weighted by atomic mass is 32.1. The van der Waals surface area contributed by atoms with Crippen molar-refractivity contribution in [2.24, 2.45) is 0 Å². The minimum absolute atomic E-state index is 0.459. The van der Waals surface area contributed by atoms with E-state index in [1.165, 1.54) is 35.7 Å². The highest BCUT2D eigenvalue weighted by Crippen LogP contribution is 2.20. The van der Waals surface area contributed by atoms with E-state index in [2.05, 4.69) is 36.3 Å². The Bertz CT molecular complexity index is 345. The van der Waals surface area contributed by atoms with Crippen LogP contribution in [0.2, 0.25) is 0 Å². The third-order valence-electron chi connectivity index (χ3n) is 3.39. The monoisotopic (exact) mass is 268 g/mol. The van der Waals surface area contributed by atoms with Crippen molar-refractivity contribution < 1.29 is 4.74 Å². The summed E-state index contributed by atoms with van der Waals surface area (Å²) in [7, 11) is 2.18. The van der Waals surface area contributed by atoms with Gasteiger partial charge in [-0.25, -0.2) is 0 Å². The molecule has 3 nitrogen and oxygen atoms in total. The number of likely N-dealkylation sites (tertiary alicyclic amines) is 1. The number of nitrogens with zero attached hydrogens (tertiary/aromatic N) is 1. The number of thiophene rings is 1. The summed E-state index contributed by atoms with van der Waals surface area (Å²) in [5.41, 5.74) is 0. The average molecular weight is 268 g/mol. The van der Waals surface area contributed by atoms with E-state index in [-0.39, 0.29) is 0 Å². The predicted octanol–water partition coefficient (Wildman–Crippen LogP) is 2.47. The number of nitrogens with one attached hydrogen (secondary N) is 1. The van der Waals surface area contributed by atoms with E-state index < -0.39 is 0 Å². The zero-order valence-electron chi connectivity index (χ0n) is 11.4. The molecule has 1 aromatic heterocycles. The van der Waals surface area contributed by atoms with Gasteiger partial charge in [0.25, 0.3) is 0 Å². The van der Waals surface area contributed by atoms with Crippen LogP contribution in [0.15, 0.2) is 12.1 Å². The maximum atomic E-state index is 6.00. The fourth-order valence-electron chi connectivity index (χ4n) is 2.19. The van der Waals surface area contributed by atoms with Crippen LogP contribution in [-0.4, -0.2) is 37.7 Å². The molecule has 0 bridgehead atoms. The van der Waals surface area contributed by atoms with Crippen LogP contribution < -0.4 is 5.32 Å². The third kappa shape index (κ3) is 4.35. The topological polar surface area (TPSA) is 24.5 Å². The van der Waals surface area contributed by atoms with Crippen molar-refractivity contribution in [1.82, 2.24) is 10.2 Å². The Morgan fingerprint density at radius 2 is 2.06 bits per heavy atom. The van der Waals surface area contributed by atoms with E-state index >= 15 is 0 Å². The molecule has 1 saturated heterocycles. The lowest BCUT2D eigenvalue weighted by molar-refractivity contribution is 0.00331. The third-order valence-corrected chi connectivity index (χ3v) is 4.45. The van der Waals surface area contributed by atoms with Gasteiger partial charge in [-0.1, -0.05) is 6.92 Å². The lowest BCUT2D eigenvalue weighted by atomic mass is 10.1. The Hall–Kier alpha value is -0.420. The first-order chi connectivity index (χ1) is 8.78. The van der Waals surface area contributed by atoms with Crippen LogP contribution >= 0.6 is 11.3 Å². The van der Waals surface area contributed by atoms with E-state index in [1.54, 1.807) is 0 Å². The van der Waals surface area contributed by atoms with Gasteiger partial charge in [0.15, 0.2) is 0 Å². The standard InChI is InChI=1S/C14H24N2OS/c1-3-15-10-13-4-5-14(18-13)11-17-12-6-8-16(2)9-7-12/h4-5,12,15H,3,6-11H2,1-2H3. The van der Waals surface area contributed by atoms with Gasteiger partial charge in [-0.05, 0) is 38.6 Å². The quantitative estimate of drug-likeness (QED) is 0.858. The first-order valence-electron chi connectivity index (χ1n) is 6.86. The van der Waals surface area contributed by atoms with E-state index in [9.17, 15) is 0 Å². The molecule has 4 heteroatoms. The highest BCUT2D eigenvalue weighted by molar-refractivity contribution is 7.11. The molecule has 0 atom stereocenters. The molecule has 2 rings (SSSR count). The summed E-state index contributed by atoms with van der Waals surface area (Å²) >= 11 is 1.86. The van der Waals surface area contributed by atoms with Gasteiger partial charge in [0, 0.05) is 29.4 Å². The van der Waals surface area contributed by atoms with Gasteiger partial charge in [-0.2, -0.15) is 0 Å². The summed E-state index contributed by atoms with van der Waals surface area (Å²) in [6.45, 7) is 7.26. The molecular formula is C14H24N2OS. The maximum absolute atomic E-state index is 6.00. The van der Waals surface area contributed by atoms with Crippen molar-refractivity contribution >= 4 is 11.3 Å². The van der Waals surface area contributed by atoms with Gasteiger partial charge in [-0.3, -0.25) is 0 Å². The summed E-state index contributed by atoms with van der Waals surface area (Å²) in [5.74, 6) is 0. The maximum Gasteiger partial charge on any atom is 0.0813 e. The van der Waals surface area contributed by atoms with Crippen molar-refractivity contribution in [2.45, 2.75) is 39.0 Å². The first-order valence-corrected chi connectivity index (χ1v) is 7.68. The van der Waals surface area contributed by atoms with E-state index in [0.717, 1.165) is 19.7 Å². The van der Waals surface area contributed by atoms with Gasteiger partial charge >= 0.3 is 0 Å². The van der Waals surface area contributed by atoms with E-state index in [0.29, 0.717) is 6.10 Å². The second kappa shape index (κ2) is 7.24. The van der Waals surface area contributed by atoms with Gasteiger partial charge in [-0.15, -0.1) is 11.3 Å². The van der Waals surface area contributed by atoms with Gasteiger partial charge < -0.3 is 15.0 Å². The molecule has 0 unspecified atom stereocenters. The fourth-order valence-corrected chi connectivity index (χ4v) is 3.10. The molecular weight excluding hydrogens is 244 g/mol. The minimum Gasteiger partial charge on any atom is -0.373 e. The molecule has 1 N–H and O–H groups in total. The second-order valence-electron chi connectivity index (χ2n) is 4.96. The van der Waals surface area contributed by atoms with Crippen molar-refractivity contribution in [3.8, 4) is 0 Å². The number of hydrogen-bond acceptors (Lipinski definition) is 4. The Morgan fingerprint density at radius 3 is 2.78 bits per heavy atom. The summed E-state index contributed by atoms with van der Waals surface area (Å²) in [5, 5.41) is 3.35. The Balaban J connectivity index is 1.71. The first kappa shape index (κ1) is 14.0. The zero-order valence-corrected chi connectivity index (χ0v) is 12.3. The van der Waals surface area contributed by atoms with Crippen LogP contribution in [0.5, 0.6) is 0 Å². The minimum atomic E-state index is 0.459. The number of rotatable bonds is 6.